The third kappa shape index (κ3) is 8.10. The molecule has 11 nitrogen and oxygen atoms in total. The molecule has 0 radical (unpaired) electrons. The zero-order valence-electron chi connectivity index (χ0n) is 21.2. The average molecular weight is 550 g/mol. The van der Waals surface area contributed by atoms with Crippen LogP contribution in [0.1, 0.15) is 44.1 Å². The summed E-state index contributed by atoms with van der Waals surface area (Å²) in [6.45, 7) is 5.67. The molecule has 3 amide bonds. The molecule has 1 fully saturated rings. The first-order chi connectivity index (χ1) is 17.8. The van der Waals surface area contributed by atoms with E-state index in [0.717, 1.165) is 0 Å². The fourth-order valence-corrected chi connectivity index (χ4v) is 3.93. The predicted molar refractivity (Wildman–Crippen MR) is 135 cm³/mol. The molecule has 204 valence electrons. The molecule has 13 heteroatoms. The second-order valence-electron chi connectivity index (χ2n) is 9.65. The molecule has 2 aromatic rings. The molecule has 1 aliphatic heterocycles. The smallest absolute Gasteiger partial charge is 0.407 e. The summed E-state index contributed by atoms with van der Waals surface area (Å²) in [6, 6.07) is 5.42. The Bertz CT molecular complexity index is 1200. The van der Waals surface area contributed by atoms with Crippen molar-refractivity contribution in [2.24, 2.45) is 0 Å². The molecular formula is C25H29ClFN5O6. The molecule has 1 atom stereocenters. The number of aromatic nitrogens is 2. The van der Waals surface area contributed by atoms with Gasteiger partial charge >= 0.3 is 12.1 Å². The number of carbonyl (C=O) groups is 4. The fourth-order valence-electron chi connectivity index (χ4n) is 3.74. The van der Waals surface area contributed by atoms with E-state index < -0.39 is 41.3 Å². The second-order valence-corrected chi connectivity index (χ2v) is 10.0. The molecule has 0 aliphatic carbocycles. The first kappa shape index (κ1) is 28.8. The van der Waals surface area contributed by atoms with Gasteiger partial charge in [0.05, 0.1) is 0 Å². The van der Waals surface area contributed by atoms with Crippen LogP contribution in [0.2, 0.25) is 5.15 Å². The number of rotatable bonds is 7. The summed E-state index contributed by atoms with van der Waals surface area (Å²) in [5.41, 5.74) is -0.423. The summed E-state index contributed by atoms with van der Waals surface area (Å²) in [4.78, 5) is 60.9. The Labute approximate surface area is 223 Å². The molecule has 0 bridgehead atoms. The molecule has 3 rings (SSSR count). The fraction of sp³-hybridized carbons (Fsp3) is 0.440. The Morgan fingerprint density at radius 2 is 1.68 bits per heavy atom. The zero-order valence-corrected chi connectivity index (χ0v) is 22.0. The Morgan fingerprint density at radius 1 is 1.08 bits per heavy atom. The predicted octanol–water partition coefficient (Wildman–Crippen LogP) is 2.98. The minimum absolute atomic E-state index is 0.0362. The maximum atomic E-state index is 13.3. The van der Waals surface area contributed by atoms with Crippen LogP contribution in [0, 0.1) is 5.82 Å². The third-order valence-corrected chi connectivity index (χ3v) is 5.75. The molecule has 1 aromatic heterocycles. The Kier molecular flexibility index (Phi) is 9.21. The number of nitrogens with zero attached hydrogens (tertiary/aromatic N) is 4. The van der Waals surface area contributed by atoms with E-state index in [-0.39, 0.29) is 55.7 Å². The van der Waals surface area contributed by atoms with Crippen LogP contribution in [0.5, 0.6) is 0 Å². The van der Waals surface area contributed by atoms with Crippen LogP contribution in [-0.2, 0) is 14.3 Å². The number of ether oxygens (including phenoxy) is 1. The first-order valence-electron chi connectivity index (χ1n) is 11.9. The lowest BCUT2D eigenvalue weighted by Gasteiger charge is -2.35. The Hall–Kier alpha value is -3.80. The van der Waals surface area contributed by atoms with Gasteiger partial charge in [-0.25, -0.2) is 19.2 Å². The van der Waals surface area contributed by atoms with Crippen LogP contribution in [-0.4, -0.2) is 86.6 Å². The van der Waals surface area contributed by atoms with Crippen molar-refractivity contribution in [1.29, 1.82) is 0 Å². The van der Waals surface area contributed by atoms with Gasteiger partial charge in [-0.05, 0) is 51.5 Å². The van der Waals surface area contributed by atoms with Crippen LogP contribution in [0.3, 0.4) is 0 Å². The van der Waals surface area contributed by atoms with Gasteiger partial charge in [-0.1, -0.05) is 11.6 Å². The maximum Gasteiger partial charge on any atom is 0.407 e. The largest absolute Gasteiger partial charge is 0.465 e. The molecule has 0 spiro atoms. The highest BCUT2D eigenvalue weighted by Crippen LogP contribution is 2.19. The molecule has 1 aliphatic rings. The van der Waals surface area contributed by atoms with Crippen molar-refractivity contribution in [3.05, 3.63) is 47.0 Å². The number of benzene rings is 1. The van der Waals surface area contributed by atoms with E-state index in [4.69, 9.17) is 21.4 Å². The third-order valence-electron chi connectivity index (χ3n) is 5.55. The number of nitrogens with one attached hydrogen (secondary N) is 1. The number of hydrogen-bond donors (Lipinski definition) is 2. The quantitative estimate of drug-likeness (QED) is 0.396. The second kappa shape index (κ2) is 12.2. The van der Waals surface area contributed by atoms with Crippen molar-refractivity contribution in [3.8, 4) is 11.4 Å². The highest BCUT2D eigenvalue weighted by Gasteiger charge is 2.31. The van der Waals surface area contributed by atoms with Crippen LogP contribution >= 0.6 is 11.6 Å². The van der Waals surface area contributed by atoms with Crippen molar-refractivity contribution in [2.45, 2.75) is 45.3 Å². The number of hydrogen-bond acceptors (Lipinski definition) is 7. The van der Waals surface area contributed by atoms with Crippen LogP contribution in [0.15, 0.2) is 30.3 Å². The van der Waals surface area contributed by atoms with Crippen LogP contribution in [0.25, 0.3) is 11.4 Å². The lowest BCUT2D eigenvalue weighted by atomic mass is 10.1. The molecular weight excluding hydrogens is 521 g/mol. The van der Waals surface area contributed by atoms with Crippen molar-refractivity contribution < 1.29 is 33.4 Å². The van der Waals surface area contributed by atoms with Gasteiger partial charge in [-0.3, -0.25) is 14.4 Å². The highest BCUT2D eigenvalue weighted by atomic mass is 35.5. The number of carbonyl (C=O) groups excluding carboxylic acids is 3. The standard InChI is InChI=1S/C25H29ClFN5O6/c1-25(2,3)38-20(33)9-8-17(23(35)31-10-12-32(13-11-31)24(36)37)29-22(34)18-14-19(26)30-21(28-18)15-4-6-16(27)7-5-15/h4-7,14,17H,8-13H2,1-3H3,(H,29,34)(H,36,37)/t17-/m0/s1. The molecule has 0 saturated carbocycles. The van der Waals surface area contributed by atoms with Gasteiger partial charge in [0.25, 0.3) is 5.91 Å². The minimum atomic E-state index is -1.12. The number of esters is 1. The van der Waals surface area contributed by atoms with Gasteiger partial charge in [0.2, 0.25) is 5.91 Å². The maximum absolute atomic E-state index is 13.3. The number of amides is 3. The van der Waals surface area contributed by atoms with Gasteiger partial charge in [-0.2, -0.15) is 0 Å². The lowest BCUT2D eigenvalue weighted by Crippen LogP contribution is -2.55. The van der Waals surface area contributed by atoms with Crippen molar-refractivity contribution >= 4 is 35.5 Å². The average Bonchev–Trinajstić information content (AvgIpc) is 2.85. The van der Waals surface area contributed by atoms with Gasteiger partial charge in [-0.15, -0.1) is 0 Å². The highest BCUT2D eigenvalue weighted by molar-refractivity contribution is 6.29. The van der Waals surface area contributed by atoms with Gasteiger partial charge in [0.1, 0.15) is 28.3 Å². The molecule has 2 N–H and O–H groups in total. The van der Waals surface area contributed by atoms with E-state index in [2.05, 4.69) is 15.3 Å². The summed E-state index contributed by atoms with van der Waals surface area (Å²) in [5, 5.41) is 11.8. The monoisotopic (exact) mass is 549 g/mol. The topological polar surface area (TPSA) is 142 Å². The Balaban J connectivity index is 1.79. The van der Waals surface area contributed by atoms with Crippen LogP contribution < -0.4 is 5.32 Å². The molecule has 0 unspecified atom stereocenters. The van der Waals surface area contributed by atoms with E-state index in [9.17, 15) is 23.6 Å². The van der Waals surface area contributed by atoms with Gasteiger partial charge in [0, 0.05) is 44.2 Å². The number of halogens is 2. The molecule has 38 heavy (non-hydrogen) atoms. The molecule has 2 heterocycles. The minimum Gasteiger partial charge on any atom is -0.465 e. The summed E-state index contributed by atoms with van der Waals surface area (Å²) < 4.78 is 18.6. The summed E-state index contributed by atoms with van der Waals surface area (Å²) in [5.74, 6) is -2.10. The van der Waals surface area contributed by atoms with E-state index in [1.807, 2.05) is 0 Å². The van der Waals surface area contributed by atoms with E-state index in [1.54, 1.807) is 20.8 Å². The molecule has 1 saturated heterocycles. The summed E-state index contributed by atoms with van der Waals surface area (Å²) in [7, 11) is 0. The van der Waals surface area contributed by atoms with E-state index >= 15 is 0 Å². The molecule has 1 aromatic carbocycles. The summed E-state index contributed by atoms with van der Waals surface area (Å²) in [6.07, 6.45) is -1.28. The number of piperazine rings is 1. The van der Waals surface area contributed by atoms with Crippen molar-refractivity contribution in [2.75, 3.05) is 26.2 Å². The van der Waals surface area contributed by atoms with Gasteiger partial charge in [0.15, 0.2) is 5.82 Å². The normalized spacial score (nSPS) is 14.6. The van der Waals surface area contributed by atoms with E-state index in [1.165, 1.54) is 40.1 Å². The van der Waals surface area contributed by atoms with Crippen molar-refractivity contribution in [3.63, 3.8) is 0 Å². The number of carboxylic acid groups (broad SMARTS) is 1. The van der Waals surface area contributed by atoms with E-state index in [0.29, 0.717) is 5.56 Å². The Morgan fingerprint density at radius 3 is 2.26 bits per heavy atom. The lowest BCUT2D eigenvalue weighted by molar-refractivity contribution is -0.155. The SMILES string of the molecule is CC(C)(C)OC(=O)CC[C@H](NC(=O)c1cc(Cl)nc(-c2ccc(F)cc2)n1)C(=O)N1CCN(C(=O)O)CC1. The van der Waals surface area contributed by atoms with Crippen LogP contribution in [0.4, 0.5) is 9.18 Å². The summed E-state index contributed by atoms with van der Waals surface area (Å²) >= 11 is 6.11. The van der Waals surface area contributed by atoms with Crippen molar-refractivity contribution in [1.82, 2.24) is 25.1 Å². The zero-order chi connectivity index (χ0) is 28.0. The van der Waals surface area contributed by atoms with Gasteiger partial charge < -0.3 is 25.0 Å². The first-order valence-corrected chi connectivity index (χ1v) is 12.3.